The summed E-state index contributed by atoms with van der Waals surface area (Å²) in [5.41, 5.74) is 11.3. The molecule has 2 rings (SSSR count). The normalized spacial score (nSPS) is 25.6. The first kappa shape index (κ1) is 10.9. The molecule has 2 heterocycles. The summed E-state index contributed by atoms with van der Waals surface area (Å²) in [6.45, 7) is 3.46. The van der Waals surface area contributed by atoms with Gasteiger partial charge in [-0.1, -0.05) is 6.92 Å². The molecule has 0 spiro atoms. The van der Waals surface area contributed by atoms with E-state index in [0.717, 1.165) is 6.42 Å². The highest BCUT2D eigenvalue weighted by Gasteiger charge is 2.27. The molecule has 0 bridgehead atoms. The summed E-state index contributed by atoms with van der Waals surface area (Å²) in [5, 5.41) is 4.15. The molecule has 6 heteroatoms. The Morgan fingerprint density at radius 3 is 3.00 bits per heavy atom. The van der Waals surface area contributed by atoms with Gasteiger partial charge in [-0.2, -0.15) is 5.10 Å². The first-order chi connectivity index (χ1) is 7.61. The third-order valence-electron chi connectivity index (χ3n) is 3.01. The molecule has 0 saturated carbocycles. The maximum atomic E-state index is 11.1. The van der Waals surface area contributed by atoms with Crippen LogP contribution in [0.4, 0.5) is 5.82 Å². The van der Waals surface area contributed by atoms with Crippen LogP contribution in [0.25, 0.3) is 0 Å². The molecular formula is C10H16N4O2. The summed E-state index contributed by atoms with van der Waals surface area (Å²) in [6.07, 6.45) is 2.28. The monoisotopic (exact) mass is 224 g/mol. The summed E-state index contributed by atoms with van der Waals surface area (Å²) < 4.78 is 7.04. The van der Waals surface area contributed by atoms with Gasteiger partial charge in [0.25, 0.3) is 5.91 Å². The maximum Gasteiger partial charge on any atom is 0.254 e. The van der Waals surface area contributed by atoms with Gasteiger partial charge in [0.15, 0.2) is 0 Å². The van der Waals surface area contributed by atoms with Crippen LogP contribution in [-0.2, 0) is 4.74 Å². The average Bonchev–Trinajstić information content (AvgIpc) is 2.61. The van der Waals surface area contributed by atoms with Crippen molar-refractivity contribution in [2.75, 3.05) is 18.9 Å². The molecule has 88 valence electrons. The van der Waals surface area contributed by atoms with Gasteiger partial charge < -0.3 is 16.2 Å². The quantitative estimate of drug-likeness (QED) is 0.748. The number of anilines is 1. The third kappa shape index (κ3) is 1.76. The lowest BCUT2D eigenvalue weighted by atomic mass is 9.98. The number of ether oxygens (including phenoxy) is 1. The van der Waals surface area contributed by atoms with Crippen molar-refractivity contribution in [3.8, 4) is 0 Å². The highest BCUT2D eigenvalue weighted by Crippen LogP contribution is 2.29. The van der Waals surface area contributed by atoms with Crippen molar-refractivity contribution in [3.63, 3.8) is 0 Å². The molecule has 2 atom stereocenters. The number of amides is 1. The molecule has 1 aliphatic heterocycles. The van der Waals surface area contributed by atoms with Crippen LogP contribution in [0.5, 0.6) is 0 Å². The van der Waals surface area contributed by atoms with Crippen molar-refractivity contribution in [1.82, 2.24) is 9.78 Å². The second-order valence-electron chi connectivity index (χ2n) is 4.16. The molecule has 4 N–H and O–H groups in total. The molecule has 1 amide bonds. The summed E-state index contributed by atoms with van der Waals surface area (Å²) in [4.78, 5) is 11.1. The van der Waals surface area contributed by atoms with Crippen molar-refractivity contribution >= 4 is 11.7 Å². The molecule has 0 aromatic carbocycles. The summed E-state index contributed by atoms with van der Waals surface area (Å²) in [7, 11) is 0. The molecule has 1 aromatic heterocycles. The van der Waals surface area contributed by atoms with Crippen LogP contribution in [0, 0.1) is 5.92 Å². The predicted molar refractivity (Wildman–Crippen MR) is 58.8 cm³/mol. The van der Waals surface area contributed by atoms with E-state index >= 15 is 0 Å². The Labute approximate surface area is 93.5 Å². The van der Waals surface area contributed by atoms with Gasteiger partial charge in [-0.3, -0.25) is 4.79 Å². The van der Waals surface area contributed by atoms with Crippen molar-refractivity contribution in [3.05, 3.63) is 11.8 Å². The number of hydrogen-bond acceptors (Lipinski definition) is 4. The van der Waals surface area contributed by atoms with Crippen LogP contribution in [0.1, 0.15) is 29.7 Å². The number of carbonyl (C=O) groups excluding carboxylic acids is 1. The molecular weight excluding hydrogens is 208 g/mol. The Morgan fingerprint density at radius 1 is 1.69 bits per heavy atom. The number of carbonyl (C=O) groups is 1. The Morgan fingerprint density at radius 2 is 2.44 bits per heavy atom. The minimum absolute atomic E-state index is 0.182. The standard InChI is InChI=1S/C10H16N4O2/c1-6-5-16-3-2-8(6)14-9(11)7(4-13-14)10(12)15/h4,6,8H,2-3,5,11H2,1H3,(H2,12,15)/t6-,8-/m1/s1. The van der Waals surface area contributed by atoms with Gasteiger partial charge in [0.1, 0.15) is 11.4 Å². The molecule has 0 unspecified atom stereocenters. The van der Waals surface area contributed by atoms with Gasteiger partial charge in [0, 0.05) is 12.5 Å². The zero-order chi connectivity index (χ0) is 11.7. The fraction of sp³-hybridized carbons (Fsp3) is 0.600. The molecule has 1 fully saturated rings. The molecule has 1 aromatic rings. The molecule has 0 radical (unpaired) electrons. The van der Waals surface area contributed by atoms with Gasteiger partial charge in [-0.05, 0) is 6.42 Å². The summed E-state index contributed by atoms with van der Waals surface area (Å²) >= 11 is 0. The largest absolute Gasteiger partial charge is 0.383 e. The number of nitrogens with zero attached hydrogens (tertiary/aromatic N) is 2. The van der Waals surface area contributed by atoms with Crippen LogP contribution < -0.4 is 11.5 Å². The number of hydrogen-bond donors (Lipinski definition) is 2. The number of rotatable bonds is 2. The van der Waals surface area contributed by atoms with E-state index in [2.05, 4.69) is 12.0 Å². The van der Waals surface area contributed by atoms with E-state index in [4.69, 9.17) is 16.2 Å². The fourth-order valence-electron chi connectivity index (χ4n) is 2.06. The van der Waals surface area contributed by atoms with E-state index in [9.17, 15) is 4.79 Å². The number of primary amides is 1. The average molecular weight is 224 g/mol. The minimum atomic E-state index is -0.538. The SMILES string of the molecule is C[C@@H]1COCC[C@H]1n1ncc(C(N)=O)c1N. The van der Waals surface area contributed by atoms with Gasteiger partial charge in [0.05, 0.1) is 18.8 Å². The highest BCUT2D eigenvalue weighted by molar-refractivity contribution is 5.96. The zero-order valence-corrected chi connectivity index (χ0v) is 9.22. The molecule has 1 aliphatic rings. The van der Waals surface area contributed by atoms with Gasteiger partial charge in [0.2, 0.25) is 0 Å². The van der Waals surface area contributed by atoms with E-state index in [1.54, 1.807) is 4.68 Å². The second kappa shape index (κ2) is 4.13. The number of aromatic nitrogens is 2. The van der Waals surface area contributed by atoms with E-state index in [1.807, 2.05) is 0 Å². The number of nitrogens with two attached hydrogens (primary N) is 2. The van der Waals surface area contributed by atoms with Gasteiger partial charge in [-0.25, -0.2) is 4.68 Å². The van der Waals surface area contributed by atoms with E-state index < -0.39 is 5.91 Å². The topological polar surface area (TPSA) is 96.2 Å². The Kier molecular flexibility index (Phi) is 2.82. The van der Waals surface area contributed by atoms with Crippen LogP contribution in [-0.4, -0.2) is 28.9 Å². The first-order valence-corrected chi connectivity index (χ1v) is 5.31. The number of nitrogen functional groups attached to an aromatic ring is 1. The Bertz CT molecular complexity index is 402. The highest BCUT2D eigenvalue weighted by atomic mass is 16.5. The predicted octanol–water partition coefficient (Wildman–Crippen LogP) is 0.162. The molecule has 6 nitrogen and oxygen atoms in total. The maximum absolute atomic E-state index is 11.1. The van der Waals surface area contributed by atoms with E-state index in [1.165, 1.54) is 6.20 Å². The molecule has 16 heavy (non-hydrogen) atoms. The zero-order valence-electron chi connectivity index (χ0n) is 9.22. The Hall–Kier alpha value is -1.56. The first-order valence-electron chi connectivity index (χ1n) is 5.31. The van der Waals surface area contributed by atoms with Crippen molar-refractivity contribution < 1.29 is 9.53 Å². The van der Waals surface area contributed by atoms with Gasteiger partial charge >= 0.3 is 0 Å². The molecule has 0 aliphatic carbocycles. The van der Waals surface area contributed by atoms with Crippen LogP contribution in [0.2, 0.25) is 0 Å². The summed E-state index contributed by atoms with van der Waals surface area (Å²) in [6, 6.07) is 0.182. The smallest absolute Gasteiger partial charge is 0.254 e. The second-order valence-corrected chi connectivity index (χ2v) is 4.16. The minimum Gasteiger partial charge on any atom is -0.383 e. The third-order valence-corrected chi connectivity index (χ3v) is 3.01. The van der Waals surface area contributed by atoms with E-state index in [-0.39, 0.29) is 6.04 Å². The van der Waals surface area contributed by atoms with Gasteiger partial charge in [-0.15, -0.1) is 0 Å². The van der Waals surface area contributed by atoms with Crippen LogP contribution >= 0.6 is 0 Å². The van der Waals surface area contributed by atoms with Crippen molar-refractivity contribution in [1.29, 1.82) is 0 Å². The lowest BCUT2D eigenvalue weighted by Crippen LogP contribution is -2.29. The lowest BCUT2D eigenvalue weighted by molar-refractivity contribution is 0.0257. The van der Waals surface area contributed by atoms with Crippen molar-refractivity contribution in [2.45, 2.75) is 19.4 Å². The fourth-order valence-corrected chi connectivity index (χ4v) is 2.06. The summed E-state index contributed by atoms with van der Waals surface area (Å²) in [5.74, 6) is 0.145. The Balaban J connectivity index is 2.29. The lowest BCUT2D eigenvalue weighted by Gasteiger charge is -2.29. The van der Waals surface area contributed by atoms with Crippen LogP contribution in [0.3, 0.4) is 0 Å². The van der Waals surface area contributed by atoms with E-state index in [0.29, 0.717) is 30.5 Å². The van der Waals surface area contributed by atoms with Crippen LogP contribution in [0.15, 0.2) is 6.20 Å². The molecule has 1 saturated heterocycles. The van der Waals surface area contributed by atoms with Crippen molar-refractivity contribution in [2.24, 2.45) is 11.7 Å².